The lowest BCUT2D eigenvalue weighted by Crippen LogP contribution is -2.47. The molecule has 1 aliphatic rings. The number of nitrogens with one attached hydrogen (secondary N) is 1. The van der Waals surface area contributed by atoms with Crippen LogP contribution in [0.25, 0.3) is 0 Å². The van der Waals surface area contributed by atoms with Gasteiger partial charge in [-0.1, -0.05) is 35.9 Å². The van der Waals surface area contributed by atoms with Gasteiger partial charge in [0.1, 0.15) is 5.69 Å². The van der Waals surface area contributed by atoms with Crippen molar-refractivity contribution >= 4 is 17.3 Å². The summed E-state index contributed by atoms with van der Waals surface area (Å²) in [4.78, 5) is 16.3. The van der Waals surface area contributed by atoms with Gasteiger partial charge in [0.25, 0.3) is 5.56 Å². The van der Waals surface area contributed by atoms with Crippen LogP contribution in [-0.2, 0) is 6.54 Å². The summed E-state index contributed by atoms with van der Waals surface area (Å²) in [5.74, 6) is 0. The van der Waals surface area contributed by atoms with Crippen molar-refractivity contribution in [2.24, 2.45) is 0 Å². The van der Waals surface area contributed by atoms with Crippen molar-refractivity contribution in [2.45, 2.75) is 13.5 Å². The second kappa shape index (κ2) is 6.50. The van der Waals surface area contributed by atoms with E-state index in [1.54, 1.807) is 0 Å². The van der Waals surface area contributed by atoms with Crippen LogP contribution < -0.4 is 10.5 Å². The smallest absolute Gasteiger partial charge is 0.289 e. The van der Waals surface area contributed by atoms with Crippen LogP contribution in [0.1, 0.15) is 11.1 Å². The first kappa shape index (κ1) is 15.1. The average Bonchev–Trinajstić information content (AvgIpc) is 2.51. The van der Waals surface area contributed by atoms with Crippen LogP contribution in [0.2, 0.25) is 5.02 Å². The summed E-state index contributed by atoms with van der Waals surface area (Å²) in [6, 6.07) is 8.46. The molecule has 0 bridgehead atoms. The number of nitrogens with zero attached hydrogens (tertiary/aromatic N) is 3. The van der Waals surface area contributed by atoms with E-state index in [0.717, 1.165) is 32.7 Å². The summed E-state index contributed by atoms with van der Waals surface area (Å²) in [6.07, 6.45) is 1.48. The Hall–Kier alpha value is -1.85. The SMILES string of the molecule is Cc1ccccc1CN1CCN(c2c(Cl)cn[nH]c2=O)CC1. The molecule has 1 N–H and O–H groups in total. The lowest BCUT2D eigenvalue weighted by molar-refractivity contribution is 0.249. The molecule has 2 aromatic rings. The minimum absolute atomic E-state index is 0.222. The number of rotatable bonds is 3. The minimum Gasteiger partial charge on any atom is -0.363 e. The Bertz CT molecular complexity index is 707. The normalized spacial score (nSPS) is 16.0. The maximum absolute atomic E-state index is 11.9. The molecule has 116 valence electrons. The van der Waals surface area contributed by atoms with E-state index in [1.807, 2.05) is 4.90 Å². The third-order valence-corrected chi connectivity index (χ3v) is 4.41. The monoisotopic (exact) mass is 318 g/mol. The fourth-order valence-electron chi connectivity index (χ4n) is 2.82. The minimum atomic E-state index is -0.222. The van der Waals surface area contributed by atoms with E-state index in [9.17, 15) is 4.79 Å². The van der Waals surface area contributed by atoms with Crippen LogP contribution >= 0.6 is 11.6 Å². The molecule has 3 rings (SSSR count). The third kappa shape index (κ3) is 3.15. The summed E-state index contributed by atoms with van der Waals surface area (Å²) in [6.45, 7) is 6.49. The van der Waals surface area contributed by atoms with E-state index in [2.05, 4.69) is 46.3 Å². The molecule has 22 heavy (non-hydrogen) atoms. The summed E-state index contributed by atoms with van der Waals surface area (Å²) < 4.78 is 0. The Kier molecular flexibility index (Phi) is 4.45. The van der Waals surface area contributed by atoms with E-state index in [1.165, 1.54) is 17.3 Å². The molecule has 0 spiro atoms. The largest absolute Gasteiger partial charge is 0.363 e. The van der Waals surface area contributed by atoms with Gasteiger partial charge in [0, 0.05) is 32.7 Å². The number of hydrogen-bond donors (Lipinski definition) is 1. The van der Waals surface area contributed by atoms with Gasteiger partial charge < -0.3 is 4.90 Å². The van der Waals surface area contributed by atoms with E-state index in [-0.39, 0.29) is 5.56 Å². The van der Waals surface area contributed by atoms with Crippen molar-refractivity contribution in [1.29, 1.82) is 0 Å². The summed E-state index contributed by atoms with van der Waals surface area (Å²) in [5, 5.41) is 6.58. The van der Waals surface area contributed by atoms with Crippen LogP contribution in [0.3, 0.4) is 0 Å². The number of piperazine rings is 1. The Balaban J connectivity index is 1.66. The molecule has 2 heterocycles. The maximum atomic E-state index is 11.9. The molecule has 1 aliphatic heterocycles. The van der Waals surface area contributed by atoms with E-state index in [4.69, 9.17) is 11.6 Å². The molecule has 0 unspecified atom stereocenters. The van der Waals surface area contributed by atoms with E-state index in [0.29, 0.717) is 10.7 Å². The van der Waals surface area contributed by atoms with Gasteiger partial charge in [-0.05, 0) is 18.1 Å². The van der Waals surface area contributed by atoms with Gasteiger partial charge in [-0.3, -0.25) is 9.69 Å². The highest BCUT2D eigenvalue weighted by atomic mass is 35.5. The Morgan fingerprint density at radius 1 is 1.23 bits per heavy atom. The molecular weight excluding hydrogens is 300 g/mol. The van der Waals surface area contributed by atoms with Crippen molar-refractivity contribution in [3.05, 3.63) is 57.0 Å². The lowest BCUT2D eigenvalue weighted by atomic mass is 10.1. The molecule has 5 nitrogen and oxygen atoms in total. The van der Waals surface area contributed by atoms with Gasteiger partial charge in [0.2, 0.25) is 0 Å². The summed E-state index contributed by atoms with van der Waals surface area (Å²) in [5.41, 5.74) is 2.99. The quantitative estimate of drug-likeness (QED) is 0.941. The molecule has 1 fully saturated rings. The number of anilines is 1. The molecule has 1 aromatic carbocycles. The van der Waals surface area contributed by atoms with Crippen molar-refractivity contribution in [3.63, 3.8) is 0 Å². The Labute approximate surface area is 134 Å². The van der Waals surface area contributed by atoms with Crippen LogP contribution in [0.5, 0.6) is 0 Å². The zero-order valence-electron chi connectivity index (χ0n) is 12.6. The number of aromatic nitrogens is 2. The molecular formula is C16H19ClN4O. The molecule has 0 aliphatic carbocycles. The van der Waals surface area contributed by atoms with Crippen molar-refractivity contribution in [1.82, 2.24) is 15.1 Å². The van der Waals surface area contributed by atoms with Gasteiger partial charge in [-0.15, -0.1) is 0 Å². The Morgan fingerprint density at radius 2 is 1.95 bits per heavy atom. The van der Waals surface area contributed by atoms with Gasteiger partial charge in [0.05, 0.1) is 11.2 Å². The molecule has 6 heteroatoms. The van der Waals surface area contributed by atoms with Crippen LogP contribution in [-0.4, -0.2) is 41.3 Å². The van der Waals surface area contributed by atoms with Gasteiger partial charge in [-0.25, -0.2) is 5.10 Å². The molecule has 0 atom stereocenters. The lowest BCUT2D eigenvalue weighted by Gasteiger charge is -2.36. The fraction of sp³-hybridized carbons (Fsp3) is 0.375. The topological polar surface area (TPSA) is 52.2 Å². The maximum Gasteiger partial charge on any atom is 0.289 e. The second-order valence-electron chi connectivity index (χ2n) is 5.59. The number of aromatic amines is 1. The third-order valence-electron chi connectivity index (χ3n) is 4.13. The first-order valence-corrected chi connectivity index (χ1v) is 7.78. The Morgan fingerprint density at radius 3 is 2.64 bits per heavy atom. The molecule has 0 amide bonds. The zero-order chi connectivity index (χ0) is 15.5. The number of H-pyrrole nitrogens is 1. The fourth-order valence-corrected chi connectivity index (χ4v) is 3.08. The van der Waals surface area contributed by atoms with Crippen LogP contribution in [0.15, 0.2) is 35.3 Å². The van der Waals surface area contributed by atoms with Crippen LogP contribution in [0.4, 0.5) is 5.69 Å². The number of halogens is 1. The second-order valence-corrected chi connectivity index (χ2v) is 5.99. The molecule has 1 saturated heterocycles. The van der Waals surface area contributed by atoms with Gasteiger partial charge in [-0.2, -0.15) is 5.10 Å². The molecule has 1 aromatic heterocycles. The van der Waals surface area contributed by atoms with Crippen LogP contribution in [0, 0.1) is 6.92 Å². The number of hydrogen-bond acceptors (Lipinski definition) is 4. The molecule has 0 radical (unpaired) electrons. The average molecular weight is 319 g/mol. The standard InChI is InChI=1S/C16H19ClN4O/c1-12-4-2-3-5-13(12)11-20-6-8-21(9-7-20)15-14(17)10-18-19-16(15)22/h2-5,10H,6-9,11H2,1H3,(H,19,22). The van der Waals surface area contributed by atoms with Crippen molar-refractivity contribution < 1.29 is 0 Å². The number of benzene rings is 1. The summed E-state index contributed by atoms with van der Waals surface area (Å²) in [7, 11) is 0. The first-order chi connectivity index (χ1) is 10.6. The van der Waals surface area contributed by atoms with Gasteiger partial charge in [0.15, 0.2) is 0 Å². The predicted molar refractivity (Wildman–Crippen MR) is 88.5 cm³/mol. The molecule has 0 saturated carbocycles. The zero-order valence-corrected chi connectivity index (χ0v) is 13.3. The number of aryl methyl sites for hydroxylation is 1. The van der Waals surface area contributed by atoms with Crippen molar-refractivity contribution in [2.75, 3.05) is 31.1 Å². The van der Waals surface area contributed by atoms with E-state index < -0.39 is 0 Å². The van der Waals surface area contributed by atoms with Crippen molar-refractivity contribution in [3.8, 4) is 0 Å². The highest BCUT2D eigenvalue weighted by molar-refractivity contribution is 6.33. The van der Waals surface area contributed by atoms with Gasteiger partial charge >= 0.3 is 0 Å². The van der Waals surface area contributed by atoms with E-state index >= 15 is 0 Å². The predicted octanol–water partition coefficient (Wildman–Crippen LogP) is 2.05. The highest BCUT2D eigenvalue weighted by Gasteiger charge is 2.21. The summed E-state index contributed by atoms with van der Waals surface area (Å²) >= 11 is 6.11. The first-order valence-electron chi connectivity index (χ1n) is 7.40. The highest BCUT2D eigenvalue weighted by Crippen LogP contribution is 2.21.